The number of nitrogens with two attached hydrogens (primary N) is 1. The lowest BCUT2D eigenvalue weighted by atomic mass is 10.1. The molecular formula is C11H19N3O3. The van der Waals surface area contributed by atoms with Gasteiger partial charge in [-0.3, -0.25) is 9.59 Å². The van der Waals surface area contributed by atoms with Gasteiger partial charge in [-0.25, -0.2) is 0 Å². The highest BCUT2D eigenvalue weighted by atomic mass is 16.5. The second kappa shape index (κ2) is 5.46. The number of hydrogen-bond acceptors (Lipinski definition) is 4. The topological polar surface area (TPSA) is 84.7 Å². The Bertz CT molecular complexity index is 302. The lowest BCUT2D eigenvalue weighted by Gasteiger charge is -2.37. The van der Waals surface area contributed by atoms with E-state index in [1.165, 1.54) is 0 Å². The van der Waals surface area contributed by atoms with Crippen LogP contribution in [0.25, 0.3) is 0 Å². The first-order chi connectivity index (χ1) is 8.20. The summed E-state index contributed by atoms with van der Waals surface area (Å²) in [5.41, 5.74) is 5.31. The van der Waals surface area contributed by atoms with Crippen LogP contribution in [0.2, 0.25) is 0 Å². The first-order valence-corrected chi connectivity index (χ1v) is 6.12. The molecule has 0 bridgehead atoms. The maximum Gasteiger partial charge on any atom is 0.252 e. The summed E-state index contributed by atoms with van der Waals surface area (Å²) in [6.45, 7) is 2.28. The Morgan fingerprint density at radius 3 is 2.82 bits per heavy atom. The Kier molecular flexibility index (Phi) is 3.96. The average molecular weight is 241 g/mol. The van der Waals surface area contributed by atoms with Crippen LogP contribution in [0.4, 0.5) is 0 Å². The maximum atomic E-state index is 12.2. The molecule has 0 aliphatic carbocycles. The monoisotopic (exact) mass is 241 g/mol. The average Bonchev–Trinajstić information content (AvgIpc) is 2.39. The Labute approximate surface area is 100 Å². The third kappa shape index (κ3) is 2.76. The van der Waals surface area contributed by atoms with E-state index in [2.05, 4.69) is 5.32 Å². The number of hydrogen-bond donors (Lipinski definition) is 2. The van der Waals surface area contributed by atoms with E-state index in [0.29, 0.717) is 26.2 Å². The summed E-state index contributed by atoms with van der Waals surface area (Å²) in [6.07, 6.45) is 2.37. The van der Waals surface area contributed by atoms with Crippen LogP contribution in [-0.4, -0.2) is 55.1 Å². The number of piperazine rings is 1. The summed E-state index contributed by atoms with van der Waals surface area (Å²) >= 11 is 0. The van der Waals surface area contributed by atoms with Gasteiger partial charge in [0.15, 0.2) is 0 Å². The van der Waals surface area contributed by atoms with Crippen LogP contribution in [0.1, 0.15) is 19.3 Å². The second-order valence-electron chi connectivity index (χ2n) is 4.51. The minimum absolute atomic E-state index is 0.0880. The third-order valence-electron chi connectivity index (χ3n) is 3.31. The molecule has 2 aliphatic heterocycles. The van der Waals surface area contributed by atoms with E-state index in [-0.39, 0.29) is 12.0 Å². The molecule has 2 saturated heterocycles. The largest absolute Gasteiger partial charge is 0.368 e. The molecule has 0 radical (unpaired) electrons. The molecule has 6 nitrogen and oxygen atoms in total. The standard InChI is InChI=1S/C11H19N3O3/c12-10(15)8-7-13-4-5-14(8)11(16)9-3-1-2-6-17-9/h8-9,13H,1-7H2,(H2,12,15). The predicted octanol–water partition coefficient (Wildman–Crippen LogP) is -1.16. The number of rotatable bonds is 2. The Morgan fingerprint density at radius 1 is 1.35 bits per heavy atom. The summed E-state index contributed by atoms with van der Waals surface area (Å²) in [7, 11) is 0. The van der Waals surface area contributed by atoms with Crippen LogP contribution < -0.4 is 11.1 Å². The molecule has 6 heteroatoms. The van der Waals surface area contributed by atoms with Crippen LogP contribution in [-0.2, 0) is 14.3 Å². The van der Waals surface area contributed by atoms with E-state index in [9.17, 15) is 9.59 Å². The molecule has 0 spiro atoms. The predicted molar refractivity (Wildman–Crippen MR) is 61.2 cm³/mol. The van der Waals surface area contributed by atoms with Crippen molar-refractivity contribution >= 4 is 11.8 Å². The van der Waals surface area contributed by atoms with Crippen LogP contribution in [0.15, 0.2) is 0 Å². The summed E-state index contributed by atoms with van der Waals surface area (Å²) < 4.78 is 5.46. The van der Waals surface area contributed by atoms with Crippen molar-refractivity contribution in [3.05, 3.63) is 0 Å². The van der Waals surface area contributed by atoms with Gasteiger partial charge in [0.1, 0.15) is 12.1 Å². The zero-order valence-electron chi connectivity index (χ0n) is 9.85. The van der Waals surface area contributed by atoms with Crippen LogP contribution >= 0.6 is 0 Å². The molecule has 96 valence electrons. The SMILES string of the molecule is NC(=O)C1CNCCN1C(=O)C1CCCCO1. The van der Waals surface area contributed by atoms with Gasteiger partial charge in [0, 0.05) is 26.2 Å². The Balaban J connectivity index is 2.02. The zero-order valence-corrected chi connectivity index (χ0v) is 9.85. The van der Waals surface area contributed by atoms with Crippen molar-refractivity contribution < 1.29 is 14.3 Å². The van der Waals surface area contributed by atoms with E-state index < -0.39 is 11.9 Å². The third-order valence-corrected chi connectivity index (χ3v) is 3.31. The molecule has 2 aliphatic rings. The number of primary amides is 1. The van der Waals surface area contributed by atoms with Crippen LogP contribution in [0.5, 0.6) is 0 Å². The van der Waals surface area contributed by atoms with Gasteiger partial charge in [-0.1, -0.05) is 0 Å². The molecule has 2 rings (SSSR count). The number of nitrogens with zero attached hydrogens (tertiary/aromatic N) is 1. The van der Waals surface area contributed by atoms with E-state index in [1.807, 2.05) is 0 Å². The van der Waals surface area contributed by atoms with Gasteiger partial charge in [-0.2, -0.15) is 0 Å². The highest BCUT2D eigenvalue weighted by Gasteiger charge is 2.35. The molecule has 2 unspecified atom stereocenters. The fraction of sp³-hybridized carbons (Fsp3) is 0.818. The highest BCUT2D eigenvalue weighted by molar-refractivity contribution is 5.89. The van der Waals surface area contributed by atoms with E-state index in [4.69, 9.17) is 10.5 Å². The van der Waals surface area contributed by atoms with E-state index in [1.54, 1.807) is 4.90 Å². The van der Waals surface area contributed by atoms with Gasteiger partial charge in [0.2, 0.25) is 5.91 Å². The molecule has 3 N–H and O–H groups in total. The van der Waals surface area contributed by atoms with Gasteiger partial charge in [-0.15, -0.1) is 0 Å². The fourth-order valence-electron chi connectivity index (χ4n) is 2.34. The number of carbonyl (C=O) groups is 2. The van der Waals surface area contributed by atoms with Crippen molar-refractivity contribution in [2.24, 2.45) is 5.73 Å². The molecule has 2 heterocycles. The molecule has 2 amide bonds. The molecule has 0 saturated carbocycles. The van der Waals surface area contributed by atoms with Gasteiger partial charge in [0.05, 0.1) is 0 Å². The summed E-state index contributed by atoms with van der Waals surface area (Å²) in [6, 6.07) is -0.540. The van der Waals surface area contributed by atoms with Gasteiger partial charge < -0.3 is 20.7 Å². The lowest BCUT2D eigenvalue weighted by Crippen LogP contribution is -2.61. The first-order valence-electron chi connectivity index (χ1n) is 6.12. The van der Waals surface area contributed by atoms with Crippen molar-refractivity contribution in [2.45, 2.75) is 31.4 Å². The van der Waals surface area contributed by atoms with Gasteiger partial charge >= 0.3 is 0 Å². The fourth-order valence-corrected chi connectivity index (χ4v) is 2.34. The van der Waals surface area contributed by atoms with Crippen molar-refractivity contribution in [1.29, 1.82) is 0 Å². The molecule has 0 aromatic rings. The van der Waals surface area contributed by atoms with Crippen molar-refractivity contribution in [3.8, 4) is 0 Å². The molecule has 0 aromatic carbocycles. The maximum absolute atomic E-state index is 12.2. The van der Waals surface area contributed by atoms with E-state index in [0.717, 1.165) is 19.3 Å². The Morgan fingerprint density at radius 2 is 2.18 bits per heavy atom. The smallest absolute Gasteiger partial charge is 0.252 e. The minimum Gasteiger partial charge on any atom is -0.368 e. The van der Waals surface area contributed by atoms with Gasteiger partial charge in [-0.05, 0) is 19.3 Å². The molecule has 17 heavy (non-hydrogen) atoms. The number of amides is 2. The van der Waals surface area contributed by atoms with Crippen molar-refractivity contribution in [2.75, 3.05) is 26.2 Å². The Hall–Kier alpha value is -1.14. The summed E-state index contributed by atoms with van der Waals surface area (Å²) in [4.78, 5) is 25.1. The summed E-state index contributed by atoms with van der Waals surface area (Å²) in [5.74, 6) is -0.545. The van der Waals surface area contributed by atoms with Crippen LogP contribution in [0, 0.1) is 0 Å². The number of ether oxygens (including phenoxy) is 1. The van der Waals surface area contributed by atoms with Crippen molar-refractivity contribution in [1.82, 2.24) is 10.2 Å². The number of nitrogens with one attached hydrogen (secondary N) is 1. The van der Waals surface area contributed by atoms with Crippen molar-refractivity contribution in [3.63, 3.8) is 0 Å². The van der Waals surface area contributed by atoms with Gasteiger partial charge in [0.25, 0.3) is 5.91 Å². The normalized spacial score (nSPS) is 30.0. The zero-order chi connectivity index (χ0) is 12.3. The van der Waals surface area contributed by atoms with E-state index >= 15 is 0 Å². The quantitative estimate of drug-likeness (QED) is 0.639. The molecule has 0 aromatic heterocycles. The second-order valence-corrected chi connectivity index (χ2v) is 4.51. The molecule has 2 fully saturated rings. The highest BCUT2D eigenvalue weighted by Crippen LogP contribution is 2.17. The van der Waals surface area contributed by atoms with Crippen LogP contribution in [0.3, 0.4) is 0 Å². The molecule has 2 atom stereocenters. The molecular weight excluding hydrogens is 222 g/mol. The minimum atomic E-state index is -0.540. The summed E-state index contributed by atoms with van der Waals surface area (Å²) in [5, 5.41) is 3.07. The lowest BCUT2D eigenvalue weighted by molar-refractivity contribution is -0.152. The number of carbonyl (C=O) groups excluding carboxylic acids is 2. The first kappa shape index (κ1) is 12.3.